The Balaban J connectivity index is 1.52. The molecule has 3 heterocycles. The lowest BCUT2D eigenvalue weighted by Crippen LogP contribution is -2.38. The van der Waals surface area contributed by atoms with E-state index in [4.69, 9.17) is 0 Å². The number of carbonyl (C=O) groups excluding carboxylic acids is 1. The molecular weight excluding hydrogens is 345 g/mol. The van der Waals surface area contributed by atoms with Gasteiger partial charge in [-0.2, -0.15) is 5.10 Å². The molecule has 6 nitrogen and oxygen atoms in total. The molecule has 0 unspecified atom stereocenters. The number of nitrogens with zero attached hydrogens (tertiary/aromatic N) is 4. The van der Waals surface area contributed by atoms with Gasteiger partial charge in [-0.15, -0.1) is 0 Å². The summed E-state index contributed by atoms with van der Waals surface area (Å²) in [5.74, 6) is 0.146. The molecule has 7 heteroatoms. The summed E-state index contributed by atoms with van der Waals surface area (Å²) in [6, 6.07) is 6.15. The molecule has 1 aromatic carbocycles. The molecule has 1 fully saturated rings. The standard InChI is InChI=1S/C20H22FN5O/c1-2-19-17(11-24-26(19)16-5-3-15(21)4-6-16)20(27)25-9-7-14(8-10-25)18-12-22-13-23-18/h3-6,11-14H,2,7-10H2,1H3,(H,22,23). The molecule has 2 aromatic heterocycles. The predicted octanol–water partition coefficient (Wildman–Crippen LogP) is 3.32. The van der Waals surface area contributed by atoms with Crippen molar-refractivity contribution in [1.29, 1.82) is 0 Å². The summed E-state index contributed by atoms with van der Waals surface area (Å²) in [6.45, 7) is 3.43. The summed E-state index contributed by atoms with van der Waals surface area (Å²) in [5, 5.41) is 4.39. The molecule has 1 N–H and O–H groups in total. The zero-order valence-corrected chi connectivity index (χ0v) is 15.2. The van der Waals surface area contributed by atoms with Gasteiger partial charge in [0.05, 0.1) is 29.5 Å². The van der Waals surface area contributed by atoms with Gasteiger partial charge in [0, 0.05) is 30.9 Å². The summed E-state index contributed by atoms with van der Waals surface area (Å²) in [7, 11) is 0. The summed E-state index contributed by atoms with van der Waals surface area (Å²) in [5.41, 5.74) is 3.37. The first kappa shape index (κ1) is 17.5. The van der Waals surface area contributed by atoms with Crippen LogP contribution in [-0.4, -0.2) is 43.6 Å². The Morgan fingerprint density at radius 2 is 1.96 bits per heavy atom. The van der Waals surface area contributed by atoms with Crippen molar-refractivity contribution >= 4 is 5.91 Å². The van der Waals surface area contributed by atoms with Gasteiger partial charge in [-0.25, -0.2) is 14.1 Å². The van der Waals surface area contributed by atoms with Crippen molar-refractivity contribution in [2.24, 2.45) is 0 Å². The van der Waals surface area contributed by atoms with Gasteiger partial charge in [0.15, 0.2) is 0 Å². The van der Waals surface area contributed by atoms with Crippen LogP contribution < -0.4 is 0 Å². The van der Waals surface area contributed by atoms with E-state index in [1.807, 2.05) is 18.0 Å². The zero-order chi connectivity index (χ0) is 18.8. The minimum absolute atomic E-state index is 0.0169. The highest BCUT2D eigenvalue weighted by Crippen LogP contribution is 2.27. The molecule has 1 amide bonds. The maximum atomic E-state index is 13.2. The summed E-state index contributed by atoms with van der Waals surface area (Å²) in [6.07, 6.45) is 7.70. The maximum Gasteiger partial charge on any atom is 0.257 e. The average Bonchev–Trinajstić information content (AvgIpc) is 3.38. The number of likely N-dealkylation sites (tertiary alicyclic amines) is 1. The van der Waals surface area contributed by atoms with E-state index in [1.54, 1.807) is 29.3 Å². The lowest BCUT2D eigenvalue weighted by molar-refractivity contribution is 0.0711. The Labute approximate surface area is 157 Å². The van der Waals surface area contributed by atoms with Gasteiger partial charge in [-0.05, 0) is 43.5 Å². The van der Waals surface area contributed by atoms with Gasteiger partial charge in [0.25, 0.3) is 5.91 Å². The van der Waals surface area contributed by atoms with Gasteiger partial charge < -0.3 is 9.88 Å². The van der Waals surface area contributed by atoms with Crippen molar-refractivity contribution in [1.82, 2.24) is 24.6 Å². The first-order chi connectivity index (χ1) is 13.2. The third-order valence-corrected chi connectivity index (χ3v) is 5.25. The number of halogens is 1. The highest BCUT2D eigenvalue weighted by atomic mass is 19.1. The number of piperidine rings is 1. The molecule has 140 valence electrons. The molecule has 0 saturated carbocycles. The molecule has 1 aliphatic rings. The SMILES string of the molecule is CCc1c(C(=O)N2CCC(c3cnc[nH]3)CC2)cnn1-c1ccc(F)cc1. The van der Waals surface area contributed by atoms with E-state index in [0.29, 0.717) is 31.0 Å². The number of benzene rings is 1. The van der Waals surface area contributed by atoms with Crippen LogP contribution in [0.5, 0.6) is 0 Å². The van der Waals surface area contributed by atoms with Gasteiger partial charge >= 0.3 is 0 Å². The number of rotatable bonds is 4. The summed E-state index contributed by atoms with van der Waals surface area (Å²) in [4.78, 5) is 22.2. The van der Waals surface area contributed by atoms with E-state index < -0.39 is 0 Å². The van der Waals surface area contributed by atoms with Crippen molar-refractivity contribution in [3.63, 3.8) is 0 Å². The van der Waals surface area contributed by atoms with Crippen molar-refractivity contribution in [2.75, 3.05) is 13.1 Å². The molecule has 0 aliphatic carbocycles. The molecule has 0 bridgehead atoms. The van der Waals surface area contributed by atoms with E-state index in [2.05, 4.69) is 15.1 Å². The van der Waals surface area contributed by atoms with Crippen LogP contribution in [0.15, 0.2) is 43.0 Å². The second kappa shape index (κ2) is 7.34. The second-order valence-electron chi connectivity index (χ2n) is 6.82. The molecule has 0 spiro atoms. The van der Waals surface area contributed by atoms with Gasteiger partial charge in [-0.1, -0.05) is 6.92 Å². The minimum atomic E-state index is -0.291. The van der Waals surface area contributed by atoms with E-state index >= 15 is 0 Å². The fourth-order valence-corrected chi connectivity index (χ4v) is 3.75. The molecule has 27 heavy (non-hydrogen) atoms. The molecular formula is C20H22FN5O. The van der Waals surface area contributed by atoms with Gasteiger partial charge in [-0.3, -0.25) is 4.79 Å². The largest absolute Gasteiger partial charge is 0.348 e. The number of imidazole rings is 1. The molecule has 3 aromatic rings. The number of amides is 1. The van der Waals surface area contributed by atoms with Crippen LogP contribution in [0.4, 0.5) is 4.39 Å². The van der Waals surface area contributed by atoms with E-state index in [9.17, 15) is 9.18 Å². The molecule has 1 saturated heterocycles. The topological polar surface area (TPSA) is 66.8 Å². The number of H-pyrrole nitrogens is 1. The minimum Gasteiger partial charge on any atom is -0.348 e. The van der Waals surface area contributed by atoms with Crippen LogP contribution >= 0.6 is 0 Å². The summed E-state index contributed by atoms with van der Waals surface area (Å²) < 4.78 is 14.9. The number of hydrogen-bond acceptors (Lipinski definition) is 3. The Morgan fingerprint density at radius 3 is 2.59 bits per heavy atom. The van der Waals surface area contributed by atoms with E-state index in [-0.39, 0.29) is 11.7 Å². The molecule has 4 rings (SSSR count). The lowest BCUT2D eigenvalue weighted by atomic mass is 9.93. The summed E-state index contributed by atoms with van der Waals surface area (Å²) >= 11 is 0. The van der Waals surface area contributed by atoms with E-state index in [0.717, 1.165) is 29.9 Å². The lowest BCUT2D eigenvalue weighted by Gasteiger charge is -2.31. The monoisotopic (exact) mass is 367 g/mol. The highest BCUT2D eigenvalue weighted by Gasteiger charge is 2.27. The first-order valence-electron chi connectivity index (χ1n) is 9.27. The van der Waals surface area contributed by atoms with Crippen molar-refractivity contribution in [3.05, 3.63) is 65.8 Å². The van der Waals surface area contributed by atoms with Gasteiger partial charge in [0.2, 0.25) is 0 Å². The van der Waals surface area contributed by atoms with Crippen LogP contribution in [0.3, 0.4) is 0 Å². The third kappa shape index (κ3) is 3.37. The molecule has 1 aliphatic heterocycles. The predicted molar refractivity (Wildman–Crippen MR) is 99.4 cm³/mol. The van der Waals surface area contributed by atoms with Crippen molar-refractivity contribution in [3.8, 4) is 5.69 Å². The van der Waals surface area contributed by atoms with Crippen LogP contribution in [0, 0.1) is 5.82 Å². The normalized spacial score (nSPS) is 15.3. The average molecular weight is 367 g/mol. The Morgan fingerprint density at radius 1 is 1.22 bits per heavy atom. The Bertz CT molecular complexity index is 909. The first-order valence-corrected chi connectivity index (χ1v) is 9.27. The fourth-order valence-electron chi connectivity index (χ4n) is 3.75. The number of hydrogen-bond donors (Lipinski definition) is 1. The van der Waals surface area contributed by atoms with Crippen molar-refractivity contribution in [2.45, 2.75) is 32.1 Å². The second-order valence-corrected chi connectivity index (χ2v) is 6.82. The number of aromatic nitrogens is 4. The smallest absolute Gasteiger partial charge is 0.257 e. The fraction of sp³-hybridized carbons (Fsp3) is 0.350. The maximum absolute atomic E-state index is 13.2. The van der Waals surface area contributed by atoms with Crippen molar-refractivity contribution < 1.29 is 9.18 Å². The van der Waals surface area contributed by atoms with Crippen LogP contribution in [0.1, 0.15) is 47.4 Å². The van der Waals surface area contributed by atoms with Crippen LogP contribution in [0.2, 0.25) is 0 Å². The quantitative estimate of drug-likeness (QED) is 0.769. The third-order valence-electron chi connectivity index (χ3n) is 5.25. The Hall–Kier alpha value is -2.96. The molecule has 0 radical (unpaired) electrons. The van der Waals surface area contributed by atoms with Crippen LogP contribution in [0.25, 0.3) is 5.69 Å². The number of aromatic amines is 1. The highest BCUT2D eigenvalue weighted by molar-refractivity contribution is 5.95. The van der Waals surface area contributed by atoms with E-state index in [1.165, 1.54) is 12.1 Å². The van der Waals surface area contributed by atoms with Crippen LogP contribution in [-0.2, 0) is 6.42 Å². The number of nitrogens with one attached hydrogen (secondary N) is 1. The zero-order valence-electron chi connectivity index (χ0n) is 15.2. The Kier molecular flexibility index (Phi) is 4.75. The van der Waals surface area contributed by atoms with Gasteiger partial charge in [0.1, 0.15) is 5.82 Å². The number of carbonyl (C=O) groups is 1. The molecule has 0 atom stereocenters.